The summed E-state index contributed by atoms with van der Waals surface area (Å²) in [6.07, 6.45) is 5.64. The Morgan fingerprint density at radius 3 is 2.52 bits per heavy atom. The van der Waals surface area contributed by atoms with Crippen LogP contribution in [-0.4, -0.2) is 41.1 Å². The van der Waals surface area contributed by atoms with Crippen LogP contribution in [0.3, 0.4) is 0 Å². The molecule has 25 heavy (non-hydrogen) atoms. The summed E-state index contributed by atoms with van der Waals surface area (Å²) in [6, 6.07) is 10.6. The maximum Gasteiger partial charge on any atom is 0.186 e. The number of anilines is 2. The molecule has 3 heterocycles. The van der Waals surface area contributed by atoms with Crippen molar-refractivity contribution in [3.8, 4) is 0 Å². The molecule has 0 radical (unpaired) electrons. The number of rotatable bonds is 3. The highest BCUT2D eigenvalue weighted by Gasteiger charge is 2.24. The van der Waals surface area contributed by atoms with Crippen LogP contribution in [0.1, 0.15) is 30.9 Å². The van der Waals surface area contributed by atoms with Gasteiger partial charge >= 0.3 is 0 Å². The van der Waals surface area contributed by atoms with Gasteiger partial charge in [0.05, 0.1) is 10.2 Å². The van der Waals surface area contributed by atoms with E-state index in [2.05, 4.69) is 50.1 Å². The summed E-state index contributed by atoms with van der Waals surface area (Å²) >= 11 is 1.79. The van der Waals surface area contributed by atoms with Crippen molar-refractivity contribution in [1.29, 1.82) is 0 Å². The molecular formula is C19H21N5S. The molecule has 0 bridgehead atoms. The Bertz CT molecular complexity index is 847. The number of hydrogen-bond acceptors (Lipinski definition) is 6. The molecule has 1 aliphatic carbocycles. The van der Waals surface area contributed by atoms with E-state index >= 15 is 0 Å². The summed E-state index contributed by atoms with van der Waals surface area (Å²) in [6.45, 7) is 3.94. The zero-order chi connectivity index (χ0) is 16.6. The molecule has 128 valence electrons. The maximum absolute atomic E-state index is 4.79. The van der Waals surface area contributed by atoms with E-state index in [9.17, 15) is 0 Å². The second kappa shape index (κ2) is 6.26. The molecule has 1 aromatic carbocycles. The van der Waals surface area contributed by atoms with Gasteiger partial charge in [-0.3, -0.25) is 0 Å². The maximum atomic E-state index is 4.79. The van der Waals surface area contributed by atoms with E-state index in [1.54, 1.807) is 17.7 Å². The predicted molar refractivity (Wildman–Crippen MR) is 103 cm³/mol. The Labute approximate surface area is 151 Å². The Balaban J connectivity index is 1.29. The smallest absolute Gasteiger partial charge is 0.186 e. The molecule has 5 rings (SSSR count). The van der Waals surface area contributed by atoms with Crippen LogP contribution in [0.5, 0.6) is 0 Å². The summed E-state index contributed by atoms with van der Waals surface area (Å²) in [5.41, 5.74) is 2.33. The van der Waals surface area contributed by atoms with Gasteiger partial charge in [-0.05, 0) is 25.0 Å². The standard InChI is InChI=1S/C19H21N5S/c1-2-7-17-15(6-1)22-19(25-17)24-10-8-23(9-11-24)18-12-16(20-13-21-18)14-4-3-5-14/h1-2,6-7,12-14H,3-5,8-11H2. The summed E-state index contributed by atoms with van der Waals surface area (Å²) in [4.78, 5) is 18.6. The molecular weight excluding hydrogens is 330 g/mol. The zero-order valence-electron chi connectivity index (χ0n) is 14.1. The van der Waals surface area contributed by atoms with Gasteiger partial charge < -0.3 is 9.80 Å². The number of fused-ring (bicyclic) bond motifs is 1. The third-order valence-corrected chi connectivity index (χ3v) is 6.45. The fourth-order valence-electron chi connectivity index (χ4n) is 3.58. The lowest BCUT2D eigenvalue weighted by Gasteiger charge is -2.35. The highest BCUT2D eigenvalue weighted by atomic mass is 32.1. The molecule has 3 aromatic rings. The largest absolute Gasteiger partial charge is 0.353 e. The molecule has 0 N–H and O–H groups in total. The third-order valence-electron chi connectivity index (χ3n) is 5.35. The third kappa shape index (κ3) is 2.84. The summed E-state index contributed by atoms with van der Waals surface area (Å²) in [7, 11) is 0. The van der Waals surface area contributed by atoms with Crippen LogP contribution < -0.4 is 9.80 Å². The first-order chi connectivity index (χ1) is 12.4. The molecule has 2 aromatic heterocycles. The number of hydrogen-bond donors (Lipinski definition) is 0. The first kappa shape index (κ1) is 15.1. The van der Waals surface area contributed by atoms with Gasteiger partial charge in [0.25, 0.3) is 0 Å². The van der Waals surface area contributed by atoms with Crippen molar-refractivity contribution in [3.63, 3.8) is 0 Å². The van der Waals surface area contributed by atoms with Gasteiger partial charge in [0.2, 0.25) is 0 Å². The van der Waals surface area contributed by atoms with Gasteiger partial charge in [-0.15, -0.1) is 0 Å². The number of nitrogens with zero attached hydrogens (tertiary/aromatic N) is 5. The predicted octanol–water partition coefficient (Wildman–Crippen LogP) is 3.68. The van der Waals surface area contributed by atoms with Crippen molar-refractivity contribution in [3.05, 3.63) is 42.4 Å². The van der Waals surface area contributed by atoms with Crippen LogP contribution in [0, 0.1) is 0 Å². The SMILES string of the molecule is c1ccc2sc(N3CCN(c4cc(C5CCC5)ncn4)CC3)nc2c1. The number of thiazole rings is 1. The van der Waals surface area contributed by atoms with Crippen molar-refractivity contribution in [2.75, 3.05) is 36.0 Å². The molecule has 2 fully saturated rings. The summed E-state index contributed by atoms with van der Waals surface area (Å²) in [5.74, 6) is 1.74. The Hall–Kier alpha value is -2.21. The van der Waals surface area contributed by atoms with Gasteiger partial charge in [0, 0.05) is 43.9 Å². The lowest BCUT2D eigenvalue weighted by atomic mass is 9.83. The van der Waals surface area contributed by atoms with Gasteiger partial charge in [-0.25, -0.2) is 15.0 Å². The molecule has 1 aliphatic heterocycles. The lowest BCUT2D eigenvalue weighted by molar-refractivity contribution is 0.410. The van der Waals surface area contributed by atoms with E-state index < -0.39 is 0 Å². The van der Waals surface area contributed by atoms with Gasteiger partial charge in [-0.2, -0.15) is 0 Å². The molecule has 1 saturated heterocycles. The molecule has 0 unspecified atom stereocenters. The Morgan fingerprint density at radius 2 is 1.76 bits per heavy atom. The molecule has 0 atom stereocenters. The fourth-order valence-corrected chi connectivity index (χ4v) is 4.60. The second-order valence-electron chi connectivity index (χ2n) is 6.87. The Kier molecular flexibility index (Phi) is 3.77. The Morgan fingerprint density at radius 1 is 0.960 bits per heavy atom. The zero-order valence-corrected chi connectivity index (χ0v) is 15.0. The number of piperazine rings is 1. The number of para-hydroxylation sites is 1. The van der Waals surface area contributed by atoms with Gasteiger partial charge in [0.1, 0.15) is 12.1 Å². The van der Waals surface area contributed by atoms with Crippen LogP contribution >= 0.6 is 11.3 Å². The van der Waals surface area contributed by atoms with Gasteiger partial charge in [0.15, 0.2) is 5.13 Å². The highest BCUT2D eigenvalue weighted by Crippen LogP contribution is 2.36. The first-order valence-electron chi connectivity index (χ1n) is 9.04. The first-order valence-corrected chi connectivity index (χ1v) is 9.86. The lowest BCUT2D eigenvalue weighted by Crippen LogP contribution is -2.46. The molecule has 2 aliphatic rings. The quantitative estimate of drug-likeness (QED) is 0.720. The topological polar surface area (TPSA) is 45.2 Å². The van der Waals surface area contributed by atoms with E-state index in [-0.39, 0.29) is 0 Å². The fraction of sp³-hybridized carbons (Fsp3) is 0.421. The van der Waals surface area contributed by atoms with E-state index in [1.807, 2.05) is 0 Å². The van der Waals surface area contributed by atoms with Gasteiger partial charge in [-0.1, -0.05) is 29.9 Å². The summed E-state index contributed by atoms with van der Waals surface area (Å²) in [5, 5.41) is 1.14. The minimum absolute atomic E-state index is 0.658. The molecule has 6 heteroatoms. The second-order valence-corrected chi connectivity index (χ2v) is 7.88. The highest BCUT2D eigenvalue weighted by molar-refractivity contribution is 7.22. The van der Waals surface area contributed by atoms with Crippen molar-refractivity contribution in [2.24, 2.45) is 0 Å². The molecule has 5 nitrogen and oxygen atoms in total. The average Bonchev–Trinajstić information content (AvgIpc) is 3.05. The van der Waals surface area contributed by atoms with Crippen molar-refractivity contribution >= 4 is 32.5 Å². The molecule has 0 amide bonds. The monoisotopic (exact) mass is 351 g/mol. The minimum atomic E-state index is 0.658. The van der Waals surface area contributed by atoms with Crippen molar-refractivity contribution < 1.29 is 0 Å². The molecule has 1 saturated carbocycles. The minimum Gasteiger partial charge on any atom is -0.353 e. The van der Waals surface area contributed by atoms with Crippen molar-refractivity contribution in [1.82, 2.24) is 15.0 Å². The van der Waals surface area contributed by atoms with Crippen molar-refractivity contribution in [2.45, 2.75) is 25.2 Å². The summed E-state index contributed by atoms with van der Waals surface area (Å²) < 4.78 is 1.26. The number of aromatic nitrogens is 3. The average molecular weight is 351 g/mol. The van der Waals surface area contributed by atoms with Crippen LogP contribution in [0.15, 0.2) is 36.7 Å². The number of benzene rings is 1. The van der Waals surface area contributed by atoms with Crippen LogP contribution in [0.4, 0.5) is 10.9 Å². The van der Waals surface area contributed by atoms with E-state index in [0.29, 0.717) is 5.92 Å². The van der Waals surface area contributed by atoms with Crippen LogP contribution in [0.25, 0.3) is 10.2 Å². The van der Waals surface area contributed by atoms with Crippen LogP contribution in [-0.2, 0) is 0 Å². The van der Waals surface area contributed by atoms with E-state index in [4.69, 9.17) is 4.98 Å². The van der Waals surface area contributed by atoms with E-state index in [1.165, 1.54) is 29.7 Å². The van der Waals surface area contributed by atoms with E-state index in [0.717, 1.165) is 42.6 Å². The molecule has 0 spiro atoms. The normalized spacial score (nSPS) is 18.6. The van der Waals surface area contributed by atoms with Crippen LogP contribution in [0.2, 0.25) is 0 Å².